The first-order valence-corrected chi connectivity index (χ1v) is 7.42. The molecule has 0 saturated carbocycles. The van der Waals surface area contributed by atoms with Crippen molar-refractivity contribution in [1.29, 1.82) is 0 Å². The van der Waals surface area contributed by atoms with E-state index in [1.165, 1.54) is 16.9 Å². The fourth-order valence-corrected chi connectivity index (χ4v) is 3.45. The molecule has 4 heteroatoms. The summed E-state index contributed by atoms with van der Waals surface area (Å²) < 4.78 is 0. The van der Waals surface area contributed by atoms with Gasteiger partial charge in [-0.1, -0.05) is 12.1 Å². The lowest BCUT2D eigenvalue weighted by Crippen LogP contribution is -2.29. The summed E-state index contributed by atoms with van der Waals surface area (Å²) >= 11 is 1.54. The normalized spacial score (nSPS) is 19.7. The number of aromatic nitrogens is 1. The van der Waals surface area contributed by atoms with Crippen LogP contribution in [0.3, 0.4) is 0 Å². The number of aryl methyl sites for hydroxylation is 1. The molecule has 1 aliphatic carbocycles. The molecule has 2 unspecified atom stereocenters. The van der Waals surface area contributed by atoms with Crippen LogP contribution in [0.5, 0.6) is 0 Å². The van der Waals surface area contributed by atoms with E-state index in [0.29, 0.717) is 0 Å². The molecule has 2 heterocycles. The Morgan fingerprint density at radius 1 is 1.42 bits per heavy atom. The molecular formula is C15H16N2OS. The Bertz CT molecular complexity index is 580. The largest absolute Gasteiger partial charge is 0.317 e. The van der Waals surface area contributed by atoms with Crippen molar-refractivity contribution in [1.82, 2.24) is 4.98 Å². The van der Waals surface area contributed by atoms with E-state index in [1.807, 2.05) is 23.6 Å². The molecule has 2 aromatic rings. The van der Waals surface area contributed by atoms with Gasteiger partial charge in [-0.3, -0.25) is 9.78 Å². The van der Waals surface area contributed by atoms with Crippen molar-refractivity contribution in [3.8, 4) is 0 Å². The zero-order valence-corrected chi connectivity index (χ0v) is 11.4. The van der Waals surface area contributed by atoms with E-state index >= 15 is 0 Å². The lowest BCUT2D eigenvalue weighted by molar-refractivity contribution is -0.122. The van der Waals surface area contributed by atoms with Crippen molar-refractivity contribution in [2.24, 2.45) is 5.73 Å². The number of thiophene rings is 1. The molecule has 0 spiro atoms. The van der Waals surface area contributed by atoms with E-state index < -0.39 is 6.04 Å². The molecule has 98 valence electrons. The van der Waals surface area contributed by atoms with Crippen molar-refractivity contribution in [2.45, 2.75) is 31.2 Å². The minimum absolute atomic E-state index is 0.0992. The zero-order valence-electron chi connectivity index (χ0n) is 10.6. The second kappa shape index (κ2) is 5.23. The summed E-state index contributed by atoms with van der Waals surface area (Å²) in [6.07, 6.45) is 4.68. The number of rotatable bonds is 3. The van der Waals surface area contributed by atoms with E-state index in [0.717, 1.165) is 29.8 Å². The first-order valence-electron chi connectivity index (χ1n) is 6.54. The average molecular weight is 272 g/mol. The average Bonchev–Trinajstić information content (AvgIpc) is 2.99. The van der Waals surface area contributed by atoms with Gasteiger partial charge in [-0.25, -0.2) is 0 Å². The molecule has 3 nitrogen and oxygen atoms in total. The number of hydrogen-bond donors (Lipinski definition) is 1. The van der Waals surface area contributed by atoms with Gasteiger partial charge in [0.1, 0.15) is 0 Å². The second-order valence-corrected chi connectivity index (χ2v) is 5.87. The van der Waals surface area contributed by atoms with E-state index in [1.54, 1.807) is 6.20 Å². The summed E-state index contributed by atoms with van der Waals surface area (Å²) in [5.74, 6) is -0.0378. The quantitative estimate of drug-likeness (QED) is 0.934. The molecule has 0 radical (unpaired) electrons. The second-order valence-electron chi connectivity index (χ2n) is 4.89. The van der Waals surface area contributed by atoms with Crippen molar-refractivity contribution in [3.63, 3.8) is 0 Å². The summed E-state index contributed by atoms with van der Waals surface area (Å²) in [4.78, 5) is 18.0. The van der Waals surface area contributed by atoms with Crippen LogP contribution in [0.1, 0.15) is 40.9 Å². The fourth-order valence-electron chi connectivity index (χ4n) is 2.71. The van der Waals surface area contributed by atoms with Crippen LogP contribution < -0.4 is 5.73 Å². The van der Waals surface area contributed by atoms with Crippen LogP contribution in [-0.2, 0) is 11.2 Å². The minimum atomic E-state index is -0.516. The Hall–Kier alpha value is -1.52. The molecule has 2 aromatic heterocycles. The number of pyridine rings is 1. The molecule has 2 atom stereocenters. The Balaban J connectivity index is 1.89. The molecule has 3 rings (SSSR count). The Morgan fingerprint density at radius 2 is 2.32 bits per heavy atom. The predicted octanol–water partition coefficient (Wildman–Crippen LogP) is 2.83. The first kappa shape index (κ1) is 12.5. The fraction of sp³-hybridized carbons (Fsp3) is 0.333. The number of fused-ring (bicyclic) bond motifs is 1. The molecule has 1 aliphatic rings. The van der Waals surface area contributed by atoms with E-state index in [4.69, 9.17) is 5.73 Å². The lowest BCUT2D eigenvalue weighted by atomic mass is 9.82. The highest BCUT2D eigenvalue weighted by Crippen LogP contribution is 2.34. The summed E-state index contributed by atoms with van der Waals surface area (Å²) in [5.41, 5.74) is 8.24. The van der Waals surface area contributed by atoms with Gasteiger partial charge in [0, 0.05) is 11.1 Å². The van der Waals surface area contributed by atoms with Crippen molar-refractivity contribution < 1.29 is 4.79 Å². The molecule has 0 saturated heterocycles. The highest BCUT2D eigenvalue weighted by atomic mass is 32.1. The molecule has 2 N–H and O–H groups in total. The lowest BCUT2D eigenvalue weighted by Gasteiger charge is -2.25. The van der Waals surface area contributed by atoms with Crippen LogP contribution in [0, 0.1) is 0 Å². The van der Waals surface area contributed by atoms with Crippen LogP contribution in [-0.4, -0.2) is 10.8 Å². The monoisotopic (exact) mass is 272 g/mol. The highest BCUT2D eigenvalue weighted by Gasteiger charge is 2.31. The third-order valence-electron chi connectivity index (χ3n) is 3.69. The summed E-state index contributed by atoms with van der Waals surface area (Å²) in [5, 5.41) is 1.95. The van der Waals surface area contributed by atoms with Gasteiger partial charge in [-0.2, -0.15) is 0 Å². The number of ketones is 1. The van der Waals surface area contributed by atoms with Crippen molar-refractivity contribution >= 4 is 17.1 Å². The molecule has 0 aliphatic heterocycles. The predicted molar refractivity (Wildman–Crippen MR) is 76.2 cm³/mol. The Labute approximate surface area is 116 Å². The third kappa shape index (κ3) is 2.33. The minimum Gasteiger partial charge on any atom is -0.317 e. The number of carbonyl (C=O) groups excluding carboxylic acids is 1. The van der Waals surface area contributed by atoms with Crippen molar-refractivity contribution in [3.05, 3.63) is 52.0 Å². The number of nitrogens with two attached hydrogens (primary N) is 1. The van der Waals surface area contributed by atoms with Crippen molar-refractivity contribution in [2.75, 3.05) is 0 Å². The van der Waals surface area contributed by atoms with E-state index in [-0.39, 0.29) is 11.7 Å². The van der Waals surface area contributed by atoms with Crippen LogP contribution in [0.15, 0.2) is 35.8 Å². The van der Waals surface area contributed by atoms with Gasteiger partial charge in [-0.15, -0.1) is 11.3 Å². The summed E-state index contributed by atoms with van der Waals surface area (Å²) in [7, 11) is 0. The molecule has 0 amide bonds. The summed E-state index contributed by atoms with van der Waals surface area (Å²) in [6, 6.07) is 7.34. The molecule has 0 aromatic carbocycles. The Kier molecular flexibility index (Phi) is 3.44. The third-order valence-corrected chi connectivity index (χ3v) is 4.65. The number of hydrogen-bond acceptors (Lipinski definition) is 4. The maximum absolute atomic E-state index is 12.6. The number of nitrogens with zero attached hydrogens (tertiary/aromatic N) is 1. The van der Waals surface area contributed by atoms with E-state index in [9.17, 15) is 4.79 Å². The van der Waals surface area contributed by atoms with E-state index in [2.05, 4.69) is 11.1 Å². The maximum atomic E-state index is 12.6. The van der Waals surface area contributed by atoms with Gasteiger partial charge >= 0.3 is 0 Å². The van der Waals surface area contributed by atoms with Gasteiger partial charge in [-0.05, 0) is 42.3 Å². The topological polar surface area (TPSA) is 56.0 Å². The SMILES string of the molecule is NC(C(=O)C1CCCc2cccnc21)c1cccs1. The zero-order chi connectivity index (χ0) is 13.2. The molecule has 19 heavy (non-hydrogen) atoms. The molecule has 0 fully saturated rings. The van der Waals surface area contributed by atoms with Crippen LogP contribution >= 0.6 is 11.3 Å². The van der Waals surface area contributed by atoms with Gasteiger partial charge in [0.05, 0.1) is 17.7 Å². The summed E-state index contributed by atoms with van der Waals surface area (Å²) in [6.45, 7) is 0. The van der Waals surface area contributed by atoms with Gasteiger partial charge < -0.3 is 5.73 Å². The smallest absolute Gasteiger partial charge is 0.163 e. The van der Waals surface area contributed by atoms with Gasteiger partial charge in [0.2, 0.25) is 0 Å². The van der Waals surface area contributed by atoms with Crippen LogP contribution in [0.25, 0.3) is 0 Å². The standard InChI is InChI=1S/C15H16N2OS/c16-13(12-7-3-9-19-12)15(18)11-6-1-4-10-5-2-8-17-14(10)11/h2-3,5,7-9,11,13H,1,4,6,16H2. The maximum Gasteiger partial charge on any atom is 0.163 e. The van der Waals surface area contributed by atoms with Gasteiger partial charge in [0.25, 0.3) is 0 Å². The molecular weight excluding hydrogens is 256 g/mol. The van der Waals surface area contributed by atoms with Crippen LogP contribution in [0.2, 0.25) is 0 Å². The van der Waals surface area contributed by atoms with Gasteiger partial charge in [0.15, 0.2) is 5.78 Å². The van der Waals surface area contributed by atoms with Crippen LogP contribution in [0.4, 0.5) is 0 Å². The Morgan fingerprint density at radius 3 is 3.11 bits per heavy atom. The first-order chi connectivity index (χ1) is 9.27. The highest BCUT2D eigenvalue weighted by molar-refractivity contribution is 7.10. The molecule has 0 bridgehead atoms. The number of carbonyl (C=O) groups is 1. The number of Topliss-reactive ketones (excluding diaryl/α,β-unsaturated/α-hetero) is 1.